The lowest BCUT2D eigenvalue weighted by molar-refractivity contribution is 0.196. The van der Waals surface area contributed by atoms with E-state index in [0.717, 1.165) is 25.2 Å². The molecule has 1 spiro atoms. The lowest BCUT2D eigenvalue weighted by Gasteiger charge is -2.50. The zero-order valence-electron chi connectivity index (χ0n) is 12.7. The number of benzene rings is 1. The summed E-state index contributed by atoms with van der Waals surface area (Å²) in [7, 11) is 0. The molecule has 1 aliphatic heterocycles. The van der Waals surface area contributed by atoms with Gasteiger partial charge in [-0.15, -0.1) is 0 Å². The van der Waals surface area contributed by atoms with Crippen molar-refractivity contribution in [3.63, 3.8) is 0 Å². The van der Waals surface area contributed by atoms with Crippen molar-refractivity contribution < 1.29 is 0 Å². The van der Waals surface area contributed by atoms with E-state index in [9.17, 15) is 0 Å². The SMILES string of the molecule is CCC1CNC2(CCCCC2)CN1c1cccc(Cl)c1Cl. The van der Waals surface area contributed by atoms with Crippen LogP contribution in [-0.4, -0.2) is 24.7 Å². The largest absolute Gasteiger partial charge is 0.364 e. The minimum Gasteiger partial charge on any atom is -0.364 e. The normalized spacial score (nSPS) is 25.3. The van der Waals surface area contributed by atoms with E-state index in [2.05, 4.69) is 23.2 Å². The Hall–Kier alpha value is -0.440. The molecule has 1 aliphatic carbocycles. The number of nitrogens with zero attached hydrogens (tertiary/aromatic N) is 1. The van der Waals surface area contributed by atoms with Crippen LogP contribution in [0.3, 0.4) is 0 Å². The molecule has 1 heterocycles. The molecule has 2 fully saturated rings. The van der Waals surface area contributed by atoms with E-state index in [-0.39, 0.29) is 5.54 Å². The fraction of sp³-hybridized carbons (Fsp3) is 0.647. The number of piperazine rings is 1. The van der Waals surface area contributed by atoms with Gasteiger partial charge in [-0.05, 0) is 31.4 Å². The Balaban J connectivity index is 1.90. The molecule has 1 N–H and O–H groups in total. The summed E-state index contributed by atoms with van der Waals surface area (Å²) in [4.78, 5) is 2.50. The molecule has 0 radical (unpaired) electrons. The molecule has 1 unspecified atom stereocenters. The molecule has 0 bridgehead atoms. The summed E-state index contributed by atoms with van der Waals surface area (Å²) in [6.45, 7) is 4.33. The Morgan fingerprint density at radius 1 is 1.24 bits per heavy atom. The van der Waals surface area contributed by atoms with Gasteiger partial charge in [-0.25, -0.2) is 0 Å². The lowest BCUT2D eigenvalue weighted by atomic mass is 9.79. The highest BCUT2D eigenvalue weighted by molar-refractivity contribution is 6.43. The van der Waals surface area contributed by atoms with Crippen molar-refractivity contribution >= 4 is 28.9 Å². The Kier molecular flexibility index (Phi) is 4.68. The molecule has 116 valence electrons. The van der Waals surface area contributed by atoms with Crippen LogP contribution in [0.2, 0.25) is 10.0 Å². The maximum atomic E-state index is 6.48. The molecule has 1 saturated carbocycles. The lowest BCUT2D eigenvalue weighted by Crippen LogP contribution is -2.65. The van der Waals surface area contributed by atoms with E-state index in [4.69, 9.17) is 23.2 Å². The molecule has 2 nitrogen and oxygen atoms in total. The van der Waals surface area contributed by atoms with Crippen LogP contribution in [0.15, 0.2) is 18.2 Å². The first-order valence-electron chi connectivity index (χ1n) is 8.11. The van der Waals surface area contributed by atoms with Crippen molar-refractivity contribution in [2.24, 2.45) is 0 Å². The molecule has 4 heteroatoms. The van der Waals surface area contributed by atoms with E-state index >= 15 is 0 Å². The number of rotatable bonds is 2. The van der Waals surface area contributed by atoms with Crippen molar-refractivity contribution in [1.82, 2.24) is 5.32 Å². The summed E-state index contributed by atoms with van der Waals surface area (Å²) >= 11 is 12.7. The summed E-state index contributed by atoms with van der Waals surface area (Å²) < 4.78 is 0. The van der Waals surface area contributed by atoms with E-state index in [0.29, 0.717) is 16.1 Å². The first-order valence-corrected chi connectivity index (χ1v) is 8.86. The van der Waals surface area contributed by atoms with Gasteiger partial charge in [0.15, 0.2) is 0 Å². The van der Waals surface area contributed by atoms with Gasteiger partial charge in [0.05, 0.1) is 15.7 Å². The molecule has 1 saturated heterocycles. The average molecular weight is 327 g/mol. The van der Waals surface area contributed by atoms with Crippen molar-refractivity contribution in [3.8, 4) is 0 Å². The monoisotopic (exact) mass is 326 g/mol. The Morgan fingerprint density at radius 2 is 2.00 bits per heavy atom. The second kappa shape index (κ2) is 6.36. The van der Waals surface area contributed by atoms with Crippen LogP contribution in [-0.2, 0) is 0 Å². The van der Waals surface area contributed by atoms with Crippen LogP contribution in [0, 0.1) is 0 Å². The molecule has 0 amide bonds. The first-order chi connectivity index (χ1) is 10.2. The number of anilines is 1. The van der Waals surface area contributed by atoms with Gasteiger partial charge in [0, 0.05) is 24.7 Å². The van der Waals surface area contributed by atoms with Crippen LogP contribution >= 0.6 is 23.2 Å². The van der Waals surface area contributed by atoms with Crippen molar-refractivity contribution in [2.45, 2.75) is 57.0 Å². The van der Waals surface area contributed by atoms with Gasteiger partial charge in [0.2, 0.25) is 0 Å². The topological polar surface area (TPSA) is 15.3 Å². The highest BCUT2D eigenvalue weighted by Crippen LogP contribution is 2.39. The number of hydrogen-bond acceptors (Lipinski definition) is 2. The highest BCUT2D eigenvalue weighted by atomic mass is 35.5. The molecule has 1 aromatic rings. The van der Waals surface area contributed by atoms with Gasteiger partial charge in [-0.2, -0.15) is 0 Å². The quantitative estimate of drug-likeness (QED) is 0.832. The van der Waals surface area contributed by atoms with Gasteiger partial charge < -0.3 is 10.2 Å². The van der Waals surface area contributed by atoms with Crippen molar-refractivity contribution in [3.05, 3.63) is 28.2 Å². The minimum atomic E-state index is 0.273. The fourth-order valence-electron chi connectivity index (χ4n) is 3.88. The van der Waals surface area contributed by atoms with Gasteiger partial charge in [-0.1, -0.05) is 55.5 Å². The van der Waals surface area contributed by atoms with Gasteiger partial charge in [0.1, 0.15) is 0 Å². The molecule has 3 rings (SSSR count). The molecule has 0 aromatic heterocycles. The molecular weight excluding hydrogens is 303 g/mol. The molecule has 1 atom stereocenters. The van der Waals surface area contributed by atoms with Crippen LogP contribution in [0.1, 0.15) is 45.4 Å². The number of hydrogen-bond donors (Lipinski definition) is 1. The maximum Gasteiger partial charge on any atom is 0.0825 e. The zero-order valence-corrected chi connectivity index (χ0v) is 14.2. The summed E-state index contributed by atoms with van der Waals surface area (Å²) in [6, 6.07) is 6.48. The molecular formula is C17H24Cl2N2. The third-order valence-corrected chi connectivity index (χ3v) is 5.96. The second-order valence-corrected chi connectivity index (χ2v) is 7.27. The summed E-state index contributed by atoms with van der Waals surface area (Å²) in [5.41, 5.74) is 1.37. The van der Waals surface area contributed by atoms with E-state index in [1.165, 1.54) is 32.1 Å². The van der Waals surface area contributed by atoms with Crippen LogP contribution in [0.5, 0.6) is 0 Å². The Bertz CT molecular complexity index is 498. The van der Waals surface area contributed by atoms with Gasteiger partial charge >= 0.3 is 0 Å². The van der Waals surface area contributed by atoms with Gasteiger partial charge in [-0.3, -0.25) is 0 Å². The Labute approximate surface area is 137 Å². The summed E-state index contributed by atoms with van der Waals surface area (Å²) in [5.74, 6) is 0. The Morgan fingerprint density at radius 3 is 2.71 bits per heavy atom. The summed E-state index contributed by atoms with van der Waals surface area (Å²) in [6.07, 6.45) is 7.71. The molecule has 1 aromatic carbocycles. The van der Waals surface area contributed by atoms with Crippen LogP contribution < -0.4 is 10.2 Å². The predicted octanol–water partition coefficient (Wildman–Crippen LogP) is 4.88. The zero-order chi connectivity index (χ0) is 14.9. The standard InChI is InChI=1S/C17H24Cl2N2/c1-2-13-11-20-17(9-4-3-5-10-17)12-21(13)15-8-6-7-14(18)16(15)19/h6-8,13,20H,2-5,9-12H2,1H3. The van der Waals surface area contributed by atoms with Crippen LogP contribution in [0.25, 0.3) is 0 Å². The predicted molar refractivity (Wildman–Crippen MR) is 91.7 cm³/mol. The molecule has 21 heavy (non-hydrogen) atoms. The minimum absolute atomic E-state index is 0.273. The first kappa shape index (κ1) is 15.5. The van der Waals surface area contributed by atoms with Gasteiger partial charge in [0.25, 0.3) is 0 Å². The fourth-order valence-corrected chi connectivity index (χ4v) is 4.28. The molecule has 2 aliphatic rings. The van der Waals surface area contributed by atoms with E-state index < -0.39 is 0 Å². The third-order valence-electron chi connectivity index (χ3n) is 5.15. The van der Waals surface area contributed by atoms with Crippen molar-refractivity contribution in [2.75, 3.05) is 18.0 Å². The second-order valence-electron chi connectivity index (χ2n) is 6.48. The smallest absolute Gasteiger partial charge is 0.0825 e. The maximum absolute atomic E-state index is 6.48. The van der Waals surface area contributed by atoms with E-state index in [1.807, 2.05) is 12.1 Å². The number of halogens is 2. The third kappa shape index (κ3) is 3.04. The van der Waals surface area contributed by atoms with E-state index in [1.54, 1.807) is 0 Å². The van der Waals surface area contributed by atoms with Crippen LogP contribution in [0.4, 0.5) is 5.69 Å². The summed E-state index contributed by atoms with van der Waals surface area (Å²) in [5, 5.41) is 5.20. The number of nitrogens with one attached hydrogen (secondary N) is 1. The average Bonchev–Trinajstić information content (AvgIpc) is 2.51. The highest BCUT2D eigenvalue weighted by Gasteiger charge is 2.40. The van der Waals surface area contributed by atoms with Crippen molar-refractivity contribution in [1.29, 1.82) is 0 Å².